The van der Waals surface area contributed by atoms with E-state index in [4.69, 9.17) is 21.4 Å². The number of thiophene rings is 1. The lowest BCUT2D eigenvalue weighted by molar-refractivity contribution is -0.384. The molecular formula is C30H21ClN4O5S. The molecule has 9 nitrogen and oxygen atoms in total. The molecule has 0 aliphatic heterocycles. The molecule has 0 radical (unpaired) electrons. The first kappa shape index (κ1) is 27.5. The Morgan fingerprint density at radius 1 is 1.02 bits per heavy atom. The van der Waals surface area contributed by atoms with E-state index in [9.17, 15) is 19.7 Å². The summed E-state index contributed by atoms with van der Waals surface area (Å²) >= 11 is 7.40. The molecule has 0 aliphatic rings. The second kappa shape index (κ2) is 12.4. The molecule has 1 amide bonds. The predicted octanol–water partition coefficient (Wildman–Crippen LogP) is 7.10. The van der Waals surface area contributed by atoms with Gasteiger partial charge in [0.05, 0.1) is 15.5 Å². The summed E-state index contributed by atoms with van der Waals surface area (Å²) in [6, 6.07) is 25.8. The molecule has 0 saturated carbocycles. The Hall–Kier alpha value is -5.06. The third kappa shape index (κ3) is 6.57. The third-order valence-electron chi connectivity index (χ3n) is 5.90. The van der Waals surface area contributed by atoms with Gasteiger partial charge in [0, 0.05) is 35.2 Å². The van der Waals surface area contributed by atoms with Crippen LogP contribution in [0, 0.1) is 10.1 Å². The summed E-state index contributed by atoms with van der Waals surface area (Å²) in [6.07, 6.45) is 3.31. The van der Waals surface area contributed by atoms with Crippen molar-refractivity contribution >= 4 is 52.3 Å². The Balaban J connectivity index is 1.39. The van der Waals surface area contributed by atoms with Gasteiger partial charge in [0.1, 0.15) is 10.7 Å². The third-order valence-corrected chi connectivity index (χ3v) is 7.10. The van der Waals surface area contributed by atoms with E-state index < -0.39 is 22.9 Å². The molecule has 0 saturated heterocycles. The number of anilines is 1. The highest BCUT2D eigenvalue weighted by molar-refractivity contribution is 7.13. The van der Waals surface area contributed by atoms with Crippen LogP contribution in [-0.2, 0) is 14.3 Å². The van der Waals surface area contributed by atoms with Crippen LogP contribution in [0.5, 0.6) is 0 Å². The zero-order valence-electron chi connectivity index (χ0n) is 21.2. The number of ether oxygens (including phenoxy) is 1. The number of nitrogens with one attached hydrogen (secondary N) is 1. The number of nitro benzene ring substituents is 1. The van der Waals surface area contributed by atoms with Gasteiger partial charge in [0.15, 0.2) is 0 Å². The molecule has 5 aromatic rings. The summed E-state index contributed by atoms with van der Waals surface area (Å²) in [7, 11) is 0. The molecule has 0 bridgehead atoms. The van der Waals surface area contributed by atoms with Gasteiger partial charge in [-0.1, -0.05) is 66.2 Å². The van der Waals surface area contributed by atoms with Crippen LogP contribution in [-0.4, -0.2) is 26.6 Å². The Kier molecular flexibility index (Phi) is 8.33. The normalized spacial score (nSPS) is 11.7. The highest BCUT2D eigenvalue weighted by Gasteiger charge is 2.25. The second-order valence-electron chi connectivity index (χ2n) is 8.66. The van der Waals surface area contributed by atoms with Crippen LogP contribution in [0.2, 0.25) is 5.02 Å². The minimum Gasteiger partial charge on any atom is -0.444 e. The van der Waals surface area contributed by atoms with Gasteiger partial charge >= 0.3 is 5.97 Å². The Morgan fingerprint density at radius 3 is 2.44 bits per heavy atom. The number of nitrogens with zero attached hydrogens (tertiary/aromatic N) is 3. The van der Waals surface area contributed by atoms with E-state index in [0.29, 0.717) is 16.8 Å². The van der Waals surface area contributed by atoms with Gasteiger partial charge in [-0.3, -0.25) is 14.9 Å². The van der Waals surface area contributed by atoms with Gasteiger partial charge in [-0.2, -0.15) is 5.10 Å². The molecule has 2 heterocycles. The minimum absolute atomic E-state index is 0.0679. The standard InChI is InChI=1S/C30H21ClN4O5S/c31-24-15-14-22(18-25(24)35(38)39)32-30(37)29(20-8-3-1-4-9-20)40-27(36)16-13-21-19-34(23-10-5-2-6-11-23)33-28(21)26-12-7-17-41-26/h1-19,29H,(H,32,37)/b16-13+/t29-/m1/s1. The molecule has 1 N–H and O–H groups in total. The van der Waals surface area contributed by atoms with Gasteiger partial charge < -0.3 is 10.1 Å². The Bertz CT molecular complexity index is 1720. The van der Waals surface area contributed by atoms with Crippen molar-refractivity contribution in [1.82, 2.24) is 9.78 Å². The van der Waals surface area contributed by atoms with Crippen molar-refractivity contribution in [2.24, 2.45) is 0 Å². The summed E-state index contributed by atoms with van der Waals surface area (Å²) in [5, 5.41) is 20.4. The van der Waals surface area contributed by atoms with Gasteiger partial charge in [-0.25, -0.2) is 9.48 Å². The van der Waals surface area contributed by atoms with E-state index in [1.54, 1.807) is 41.1 Å². The van der Waals surface area contributed by atoms with E-state index >= 15 is 0 Å². The van der Waals surface area contributed by atoms with Crippen molar-refractivity contribution in [3.63, 3.8) is 0 Å². The van der Waals surface area contributed by atoms with Crippen molar-refractivity contribution in [3.05, 3.63) is 135 Å². The van der Waals surface area contributed by atoms with Crippen LogP contribution in [0.15, 0.2) is 109 Å². The fourth-order valence-corrected chi connectivity index (χ4v) is 4.90. The second-order valence-corrected chi connectivity index (χ2v) is 10.0. The molecule has 0 fully saturated rings. The number of nitro groups is 1. The van der Waals surface area contributed by atoms with Gasteiger partial charge in [-0.05, 0) is 41.8 Å². The van der Waals surface area contributed by atoms with Crippen molar-refractivity contribution in [3.8, 4) is 16.3 Å². The van der Waals surface area contributed by atoms with Gasteiger partial charge in [0.2, 0.25) is 6.10 Å². The molecule has 2 aromatic heterocycles. The van der Waals surface area contributed by atoms with Crippen LogP contribution in [0.4, 0.5) is 11.4 Å². The number of amides is 1. The Labute approximate surface area is 243 Å². The molecule has 11 heteroatoms. The number of rotatable bonds is 9. The summed E-state index contributed by atoms with van der Waals surface area (Å²) in [5.41, 5.74) is 2.42. The topological polar surface area (TPSA) is 116 Å². The molecule has 5 rings (SSSR count). The number of carbonyl (C=O) groups excluding carboxylic acids is 2. The van der Waals surface area contributed by atoms with E-state index in [-0.39, 0.29) is 16.4 Å². The van der Waals surface area contributed by atoms with Gasteiger partial charge in [0.25, 0.3) is 11.6 Å². The van der Waals surface area contributed by atoms with Crippen molar-refractivity contribution in [2.45, 2.75) is 6.10 Å². The monoisotopic (exact) mass is 584 g/mol. The molecule has 204 valence electrons. The maximum absolute atomic E-state index is 13.2. The molecular weight excluding hydrogens is 564 g/mol. The van der Waals surface area contributed by atoms with E-state index in [1.165, 1.54) is 29.5 Å². The molecule has 1 atom stereocenters. The zero-order chi connectivity index (χ0) is 28.8. The quantitative estimate of drug-likeness (QED) is 0.0855. The fourth-order valence-electron chi connectivity index (χ4n) is 3.98. The predicted molar refractivity (Wildman–Crippen MR) is 158 cm³/mol. The van der Waals surface area contributed by atoms with Crippen LogP contribution in [0.25, 0.3) is 22.3 Å². The lowest BCUT2D eigenvalue weighted by Crippen LogP contribution is -2.25. The number of aromatic nitrogens is 2. The SMILES string of the molecule is O=C(/C=C/c1cn(-c2ccccc2)nc1-c1cccs1)O[C@@H](C(=O)Nc1ccc(Cl)c([N+](=O)[O-])c1)c1ccccc1. The highest BCUT2D eigenvalue weighted by Crippen LogP contribution is 2.30. The number of esters is 1. The van der Waals surface area contributed by atoms with E-state index in [2.05, 4.69) is 5.32 Å². The number of hydrogen-bond donors (Lipinski definition) is 1. The lowest BCUT2D eigenvalue weighted by atomic mass is 10.1. The number of benzene rings is 3. The van der Waals surface area contributed by atoms with Crippen molar-refractivity contribution in [2.75, 3.05) is 5.32 Å². The summed E-state index contributed by atoms with van der Waals surface area (Å²) < 4.78 is 7.32. The van der Waals surface area contributed by atoms with Crippen molar-refractivity contribution < 1.29 is 19.2 Å². The zero-order valence-corrected chi connectivity index (χ0v) is 22.8. The Morgan fingerprint density at radius 2 is 1.76 bits per heavy atom. The molecule has 3 aromatic carbocycles. The smallest absolute Gasteiger partial charge is 0.331 e. The number of hydrogen-bond acceptors (Lipinski definition) is 7. The maximum Gasteiger partial charge on any atom is 0.331 e. The van der Waals surface area contributed by atoms with Gasteiger partial charge in [-0.15, -0.1) is 11.3 Å². The number of para-hydroxylation sites is 1. The fraction of sp³-hybridized carbons (Fsp3) is 0.0333. The van der Waals surface area contributed by atoms with Crippen LogP contribution < -0.4 is 5.32 Å². The largest absolute Gasteiger partial charge is 0.444 e. The first-order valence-electron chi connectivity index (χ1n) is 12.3. The lowest BCUT2D eigenvalue weighted by Gasteiger charge is -2.17. The van der Waals surface area contributed by atoms with Crippen LogP contribution in [0.3, 0.4) is 0 Å². The average Bonchev–Trinajstić information content (AvgIpc) is 3.67. The summed E-state index contributed by atoms with van der Waals surface area (Å²) in [4.78, 5) is 37.8. The molecule has 0 aliphatic carbocycles. The summed E-state index contributed by atoms with van der Waals surface area (Å²) in [6.45, 7) is 0. The number of carbonyl (C=O) groups is 2. The highest BCUT2D eigenvalue weighted by atomic mass is 35.5. The first-order chi connectivity index (χ1) is 19.9. The minimum atomic E-state index is -1.33. The maximum atomic E-state index is 13.2. The van der Waals surface area contributed by atoms with Crippen LogP contribution >= 0.6 is 22.9 Å². The average molecular weight is 585 g/mol. The van der Waals surface area contributed by atoms with E-state index in [1.807, 2.05) is 54.0 Å². The first-order valence-corrected chi connectivity index (χ1v) is 13.5. The molecule has 0 spiro atoms. The molecule has 0 unspecified atom stereocenters. The van der Waals surface area contributed by atoms with E-state index in [0.717, 1.165) is 16.6 Å². The number of halogens is 1. The van der Waals surface area contributed by atoms with Crippen LogP contribution in [0.1, 0.15) is 17.2 Å². The molecule has 41 heavy (non-hydrogen) atoms. The summed E-state index contributed by atoms with van der Waals surface area (Å²) in [5.74, 6) is -1.45. The van der Waals surface area contributed by atoms with Crippen molar-refractivity contribution in [1.29, 1.82) is 0 Å².